The Morgan fingerprint density at radius 3 is 2.48 bits per heavy atom. The summed E-state index contributed by atoms with van der Waals surface area (Å²) in [5.41, 5.74) is 5.15. The molecule has 1 aromatic carbocycles. The fraction of sp³-hybridized carbons (Fsp3) is 0.750. The lowest BCUT2D eigenvalue weighted by molar-refractivity contribution is -0.0516. The molecule has 0 saturated heterocycles. The van der Waals surface area contributed by atoms with Crippen molar-refractivity contribution in [3.8, 4) is 0 Å². The van der Waals surface area contributed by atoms with Gasteiger partial charge in [0, 0.05) is 5.41 Å². The number of allylic oxidation sites excluding steroid dienone is 1. The van der Waals surface area contributed by atoms with Gasteiger partial charge in [0.15, 0.2) is 0 Å². The predicted octanol–water partition coefficient (Wildman–Crippen LogP) is 9.53. The zero-order valence-corrected chi connectivity index (χ0v) is 22.1. The van der Waals surface area contributed by atoms with Crippen molar-refractivity contribution in [1.82, 2.24) is 0 Å². The van der Waals surface area contributed by atoms with Crippen LogP contribution in [0.15, 0.2) is 30.5 Å². The van der Waals surface area contributed by atoms with Gasteiger partial charge >= 0.3 is 0 Å². The fourth-order valence-corrected chi connectivity index (χ4v) is 8.13. The van der Waals surface area contributed by atoms with Gasteiger partial charge in [-0.05, 0) is 87.2 Å². The van der Waals surface area contributed by atoms with E-state index in [1.165, 1.54) is 95.5 Å². The molecule has 1 aromatic rings. The summed E-state index contributed by atoms with van der Waals surface area (Å²) in [5, 5.41) is 0. The molecule has 0 heterocycles. The molecule has 4 rings (SSSR count). The fourth-order valence-electron chi connectivity index (χ4n) is 8.13. The molecule has 0 bridgehead atoms. The zero-order valence-electron chi connectivity index (χ0n) is 22.1. The summed E-state index contributed by atoms with van der Waals surface area (Å²) in [6, 6.07) is 7.38. The van der Waals surface area contributed by atoms with Gasteiger partial charge in [0.25, 0.3) is 0 Å². The molecule has 1 heteroatoms. The van der Waals surface area contributed by atoms with E-state index in [-0.39, 0.29) is 0 Å². The molecule has 184 valence electrons. The lowest BCUT2D eigenvalue weighted by Gasteiger charge is -2.53. The highest BCUT2D eigenvalue weighted by molar-refractivity contribution is 5.38. The Balaban J connectivity index is 1.46. The van der Waals surface area contributed by atoms with Gasteiger partial charge in [-0.2, -0.15) is 0 Å². The largest absolute Gasteiger partial charge is 0.495 e. The predicted molar refractivity (Wildman–Crippen MR) is 142 cm³/mol. The first-order chi connectivity index (χ1) is 15.9. The monoisotopic (exact) mass is 450 g/mol. The molecular weight excluding hydrogens is 400 g/mol. The summed E-state index contributed by atoms with van der Waals surface area (Å²) in [7, 11) is 0. The molecule has 0 N–H and O–H groups in total. The Bertz CT molecular complexity index is 794. The van der Waals surface area contributed by atoms with Crippen LogP contribution in [0.3, 0.4) is 0 Å². The van der Waals surface area contributed by atoms with Crippen LogP contribution < -0.4 is 0 Å². The quantitative estimate of drug-likeness (QED) is 0.241. The molecule has 0 aromatic heterocycles. The summed E-state index contributed by atoms with van der Waals surface area (Å²) < 4.78 is 6.34. The maximum Gasteiger partial charge on any atom is 0.104 e. The third-order valence-corrected chi connectivity index (χ3v) is 9.74. The molecule has 6 atom stereocenters. The molecule has 2 fully saturated rings. The Morgan fingerprint density at radius 2 is 1.76 bits per heavy atom. The van der Waals surface area contributed by atoms with Crippen LogP contribution in [0.1, 0.15) is 127 Å². The van der Waals surface area contributed by atoms with Crippen LogP contribution in [0.25, 0.3) is 0 Å². The first-order valence-electron chi connectivity index (χ1n) is 14.4. The van der Waals surface area contributed by atoms with Gasteiger partial charge in [-0.1, -0.05) is 95.6 Å². The highest BCUT2D eigenvalue weighted by Gasteiger charge is 2.57. The maximum absolute atomic E-state index is 6.34. The van der Waals surface area contributed by atoms with E-state index in [2.05, 4.69) is 45.5 Å². The molecule has 3 unspecified atom stereocenters. The van der Waals surface area contributed by atoms with Gasteiger partial charge in [-0.15, -0.1) is 0 Å². The molecule has 1 nitrogen and oxygen atoms in total. The number of ether oxygens (including phenoxy) is 1. The summed E-state index contributed by atoms with van der Waals surface area (Å²) >= 11 is 0. The van der Waals surface area contributed by atoms with Crippen LogP contribution in [0.2, 0.25) is 0 Å². The minimum atomic E-state index is 0.333. The number of fused-ring (bicyclic) bond motifs is 5. The summed E-state index contributed by atoms with van der Waals surface area (Å²) in [6.07, 6.45) is 19.8. The van der Waals surface area contributed by atoms with Crippen molar-refractivity contribution < 1.29 is 4.74 Å². The lowest BCUT2D eigenvalue weighted by Crippen LogP contribution is -2.47. The molecule has 0 aliphatic heterocycles. The highest BCUT2D eigenvalue weighted by atomic mass is 16.5. The minimum Gasteiger partial charge on any atom is -0.495 e. The second kappa shape index (κ2) is 11.0. The van der Waals surface area contributed by atoms with Gasteiger partial charge in [0.2, 0.25) is 0 Å². The van der Waals surface area contributed by atoms with Crippen LogP contribution >= 0.6 is 0 Å². The first kappa shape index (κ1) is 24.9. The van der Waals surface area contributed by atoms with Crippen molar-refractivity contribution in [2.24, 2.45) is 23.2 Å². The van der Waals surface area contributed by atoms with Crippen LogP contribution in [0.5, 0.6) is 0 Å². The van der Waals surface area contributed by atoms with Crippen LogP contribution in [-0.2, 0) is 11.2 Å². The van der Waals surface area contributed by atoms with E-state index >= 15 is 0 Å². The topological polar surface area (TPSA) is 9.23 Å². The number of hydrogen-bond donors (Lipinski definition) is 0. The summed E-state index contributed by atoms with van der Waals surface area (Å²) in [6.45, 7) is 13.3. The number of benzene rings is 1. The third-order valence-electron chi connectivity index (χ3n) is 9.74. The Kier molecular flexibility index (Phi) is 8.29. The summed E-state index contributed by atoms with van der Waals surface area (Å²) in [5.74, 6) is 4.20. The second-order valence-electron chi connectivity index (χ2n) is 12.2. The number of unbranched alkanes of at least 4 members (excludes halogenated alkanes) is 7. The smallest absolute Gasteiger partial charge is 0.104 e. The standard InChI is InChI=1S/C32H50O/c1-6-7-8-9-10-11-12-13-14-25-22-26-21-24(4)15-16-27(26)28-19-20-32(5)29(31(25)28)17-18-30(32)33-23(2)3/h15-16,21,25,28-31H,2,6-14,17-20,22H2,1,3-5H3/t25-,28?,29?,30+,31?,32+/m1/s1. The number of hydrogen-bond acceptors (Lipinski definition) is 1. The van der Waals surface area contributed by atoms with Crippen molar-refractivity contribution in [2.45, 2.75) is 130 Å². The molecule has 3 aliphatic carbocycles. The van der Waals surface area contributed by atoms with Crippen LogP contribution in [0, 0.1) is 30.1 Å². The first-order valence-corrected chi connectivity index (χ1v) is 14.4. The molecule has 3 aliphatic rings. The van der Waals surface area contributed by atoms with Crippen molar-refractivity contribution >= 4 is 0 Å². The van der Waals surface area contributed by atoms with Crippen molar-refractivity contribution in [3.05, 3.63) is 47.2 Å². The molecular formula is C32H50O. The highest BCUT2D eigenvalue weighted by Crippen LogP contribution is 2.63. The van der Waals surface area contributed by atoms with E-state index in [9.17, 15) is 0 Å². The number of rotatable bonds is 11. The third kappa shape index (κ3) is 5.38. The molecule has 0 amide bonds. The van der Waals surface area contributed by atoms with Gasteiger partial charge in [-0.25, -0.2) is 0 Å². The summed E-state index contributed by atoms with van der Waals surface area (Å²) in [4.78, 5) is 0. The van der Waals surface area contributed by atoms with E-state index in [0.717, 1.165) is 29.4 Å². The average molecular weight is 451 g/mol. The minimum absolute atomic E-state index is 0.333. The van der Waals surface area contributed by atoms with Crippen molar-refractivity contribution in [3.63, 3.8) is 0 Å². The van der Waals surface area contributed by atoms with E-state index in [0.29, 0.717) is 11.5 Å². The van der Waals surface area contributed by atoms with Crippen LogP contribution in [0.4, 0.5) is 0 Å². The van der Waals surface area contributed by atoms with Crippen LogP contribution in [-0.4, -0.2) is 6.10 Å². The van der Waals surface area contributed by atoms with E-state index < -0.39 is 0 Å². The van der Waals surface area contributed by atoms with Gasteiger partial charge < -0.3 is 4.74 Å². The van der Waals surface area contributed by atoms with Gasteiger partial charge in [-0.3, -0.25) is 0 Å². The van der Waals surface area contributed by atoms with E-state index in [4.69, 9.17) is 4.74 Å². The van der Waals surface area contributed by atoms with E-state index in [1.807, 2.05) is 6.92 Å². The van der Waals surface area contributed by atoms with Gasteiger partial charge in [0.1, 0.15) is 6.10 Å². The molecule has 0 radical (unpaired) electrons. The normalized spacial score (nSPS) is 32.7. The average Bonchev–Trinajstić information content (AvgIpc) is 3.10. The second-order valence-corrected chi connectivity index (χ2v) is 12.2. The zero-order chi connectivity index (χ0) is 23.4. The van der Waals surface area contributed by atoms with E-state index in [1.54, 1.807) is 11.1 Å². The van der Waals surface area contributed by atoms with Crippen molar-refractivity contribution in [2.75, 3.05) is 0 Å². The van der Waals surface area contributed by atoms with Crippen molar-refractivity contribution in [1.29, 1.82) is 0 Å². The maximum atomic E-state index is 6.34. The molecule has 0 spiro atoms. The molecule has 33 heavy (non-hydrogen) atoms. The Hall–Kier alpha value is -1.24. The number of aryl methyl sites for hydroxylation is 1. The Morgan fingerprint density at radius 1 is 1.03 bits per heavy atom. The molecule has 2 saturated carbocycles. The lowest BCUT2D eigenvalue weighted by atomic mass is 9.52. The Labute approximate surface area is 204 Å². The van der Waals surface area contributed by atoms with Gasteiger partial charge in [0.05, 0.1) is 5.76 Å². The SMILES string of the molecule is C=C(C)O[C@H]1CCC2C3C(CC[C@@]21C)c1ccc(C)cc1C[C@H]3CCCCCCCCCC.